The van der Waals surface area contributed by atoms with Gasteiger partial charge in [0, 0.05) is 18.8 Å². The van der Waals surface area contributed by atoms with Crippen LogP contribution in [0.4, 0.5) is 0 Å². The second-order valence-corrected chi connectivity index (χ2v) is 6.12. The van der Waals surface area contributed by atoms with Crippen molar-refractivity contribution >= 4 is 11.8 Å². The second-order valence-electron chi connectivity index (χ2n) is 6.12. The summed E-state index contributed by atoms with van der Waals surface area (Å²) in [5.41, 5.74) is 1.45. The molecular weight excluding hydrogens is 306 g/mol. The highest BCUT2D eigenvalue weighted by Gasteiger charge is 2.30. The van der Waals surface area contributed by atoms with Crippen LogP contribution in [0.5, 0.6) is 5.75 Å². The summed E-state index contributed by atoms with van der Waals surface area (Å²) in [6.45, 7) is 5.11. The Kier molecular flexibility index (Phi) is 4.87. The van der Waals surface area contributed by atoms with Crippen molar-refractivity contribution in [2.75, 3.05) is 7.05 Å². The first kappa shape index (κ1) is 17.5. The predicted molar refractivity (Wildman–Crippen MR) is 91.7 cm³/mol. The molecule has 0 aliphatic heterocycles. The van der Waals surface area contributed by atoms with Crippen molar-refractivity contribution in [3.8, 4) is 16.9 Å². The second kappa shape index (κ2) is 6.70. The van der Waals surface area contributed by atoms with Gasteiger partial charge in [-0.15, -0.1) is 0 Å². The van der Waals surface area contributed by atoms with Crippen LogP contribution in [-0.2, 0) is 4.79 Å². The van der Waals surface area contributed by atoms with E-state index in [1.54, 1.807) is 13.8 Å². The van der Waals surface area contributed by atoms with E-state index in [1.807, 2.05) is 31.2 Å². The summed E-state index contributed by atoms with van der Waals surface area (Å²) in [4.78, 5) is 28.1. The van der Waals surface area contributed by atoms with Crippen molar-refractivity contribution in [1.29, 1.82) is 0 Å². The Morgan fingerprint density at radius 2 is 1.88 bits per heavy atom. The molecule has 0 spiro atoms. The number of likely N-dealkylation sites (N-methyl/N-ethyl adjacent to an activating group) is 1. The summed E-state index contributed by atoms with van der Waals surface area (Å²) in [5.74, 6) is -1.19. The van der Waals surface area contributed by atoms with Gasteiger partial charge in [-0.3, -0.25) is 9.59 Å². The molecule has 0 saturated carbocycles. The number of carbonyl (C=O) groups excluding carboxylic acids is 2. The SMILES string of the molecule is CNC(=O)C(C)(C)NC(=O)c1ncc(-c2cccc(C)c2)cc1O. The average Bonchev–Trinajstić information content (AvgIpc) is 2.53. The molecule has 0 radical (unpaired) electrons. The summed E-state index contributed by atoms with van der Waals surface area (Å²) in [6, 6.07) is 9.24. The van der Waals surface area contributed by atoms with Crippen LogP contribution < -0.4 is 10.6 Å². The number of benzene rings is 1. The monoisotopic (exact) mass is 327 g/mol. The molecule has 24 heavy (non-hydrogen) atoms. The maximum atomic E-state index is 12.3. The minimum atomic E-state index is -1.12. The van der Waals surface area contributed by atoms with Gasteiger partial charge >= 0.3 is 0 Å². The Bertz CT molecular complexity index is 785. The molecule has 0 saturated heterocycles. The van der Waals surface area contributed by atoms with Crippen LogP contribution in [-0.4, -0.2) is 34.5 Å². The Hall–Kier alpha value is -2.89. The minimum Gasteiger partial charge on any atom is -0.505 e. The zero-order chi connectivity index (χ0) is 17.9. The first-order valence-corrected chi connectivity index (χ1v) is 7.55. The summed E-state index contributed by atoms with van der Waals surface area (Å²) in [7, 11) is 1.49. The molecule has 2 amide bonds. The van der Waals surface area contributed by atoms with Crippen LogP contribution >= 0.6 is 0 Å². The van der Waals surface area contributed by atoms with Crippen molar-refractivity contribution in [1.82, 2.24) is 15.6 Å². The molecule has 0 aliphatic carbocycles. The summed E-state index contributed by atoms with van der Waals surface area (Å²) < 4.78 is 0. The Morgan fingerprint density at radius 1 is 1.17 bits per heavy atom. The molecule has 1 aromatic heterocycles. The molecule has 1 heterocycles. The van der Waals surface area contributed by atoms with Crippen molar-refractivity contribution in [3.05, 3.63) is 47.8 Å². The first-order valence-electron chi connectivity index (χ1n) is 7.55. The fourth-order valence-electron chi connectivity index (χ4n) is 2.32. The molecular formula is C18H21N3O3. The molecule has 2 aromatic rings. The topological polar surface area (TPSA) is 91.3 Å². The van der Waals surface area contributed by atoms with E-state index in [0.29, 0.717) is 5.56 Å². The summed E-state index contributed by atoms with van der Waals surface area (Å²) in [5, 5.41) is 15.2. The van der Waals surface area contributed by atoms with E-state index in [4.69, 9.17) is 0 Å². The van der Waals surface area contributed by atoms with Crippen molar-refractivity contribution < 1.29 is 14.7 Å². The van der Waals surface area contributed by atoms with Crippen LogP contribution in [0, 0.1) is 6.92 Å². The van der Waals surface area contributed by atoms with Gasteiger partial charge in [0.2, 0.25) is 5.91 Å². The van der Waals surface area contributed by atoms with Crippen LogP contribution in [0.25, 0.3) is 11.1 Å². The lowest BCUT2D eigenvalue weighted by Gasteiger charge is -2.24. The first-order chi connectivity index (χ1) is 11.2. The highest BCUT2D eigenvalue weighted by Crippen LogP contribution is 2.25. The zero-order valence-electron chi connectivity index (χ0n) is 14.2. The van der Waals surface area contributed by atoms with Gasteiger partial charge in [0.05, 0.1) is 0 Å². The van der Waals surface area contributed by atoms with Gasteiger partial charge in [-0.05, 0) is 32.4 Å². The van der Waals surface area contributed by atoms with E-state index < -0.39 is 11.4 Å². The molecule has 0 unspecified atom stereocenters. The van der Waals surface area contributed by atoms with Gasteiger partial charge in [-0.1, -0.05) is 29.8 Å². The van der Waals surface area contributed by atoms with Crippen molar-refractivity contribution in [3.63, 3.8) is 0 Å². The van der Waals surface area contributed by atoms with E-state index in [0.717, 1.165) is 11.1 Å². The van der Waals surface area contributed by atoms with Crippen LogP contribution in [0.15, 0.2) is 36.5 Å². The van der Waals surface area contributed by atoms with Crippen molar-refractivity contribution in [2.24, 2.45) is 0 Å². The third-order valence-corrected chi connectivity index (χ3v) is 3.65. The quantitative estimate of drug-likeness (QED) is 0.801. The lowest BCUT2D eigenvalue weighted by molar-refractivity contribution is -0.125. The number of aromatic nitrogens is 1. The zero-order valence-corrected chi connectivity index (χ0v) is 14.2. The van der Waals surface area contributed by atoms with Gasteiger partial charge < -0.3 is 15.7 Å². The fraction of sp³-hybridized carbons (Fsp3) is 0.278. The predicted octanol–water partition coefficient (Wildman–Crippen LogP) is 2.02. The highest BCUT2D eigenvalue weighted by atomic mass is 16.3. The van der Waals surface area contributed by atoms with Crippen LogP contribution in [0.1, 0.15) is 29.9 Å². The largest absolute Gasteiger partial charge is 0.505 e. The summed E-state index contributed by atoms with van der Waals surface area (Å²) in [6.07, 6.45) is 1.52. The number of nitrogens with one attached hydrogen (secondary N) is 2. The van der Waals surface area contributed by atoms with E-state index in [-0.39, 0.29) is 17.4 Å². The van der Waals surface area contributed by atoms with Gasteiger partial charge in [-0.25, -0.2) is 4.98 Å². The molecule has 0 fully saturated rings. The van der Waals surface area contributed by atoms with Gasteiger partial charge in [-0.2, -0.15) is 0 Å². The molecule has 6 heteroatoms. The fourth-order valence-corrected chi connectivity index (χ4v) is 2.32. The molecule has 3 N–H and O–H groups in total. The normalized spacial score (nSPS) is 11.0. The van der Waals surface area contributed by atoms with E-state index >= 15 is 0 Å². The number of aromatic hydroxyl groups is 1. The number of hydrogen-bond acceptors (Lipinski definition) is 4. The maximum Gasteiger partial charge on any atom is 0.274 e. The number of rotatable bonds is 4. The third kappa shape index (κ3) is 3.71. The molecule has 0 aliphatic rings. The lowest BCUT2D eigenvalue weighted by Crippen LogP contribution is -2.54. The number of hydrogen-bond donors (Lipinski definition) is 3. The number of aryl methyl sites for hydroxylation is 1. The summed E-state index contributed by atoms with van der Waals surface area (Å²) >= 11 is 0. The average molecular weight is 327 g/mol. The number of nitrogens with zero attached hydrogens (tertiary/aromatic N) is 1. The van der Waals surface area contributed by atoms with E-state index in [9.17, 15) is 14.7 Å². The van der Waals surface area contributed by atoms with E-state index in [2.05, 4.69) is 15.6 Å². The van der Waals surface area contributed by atoms with Crippen molar-refractivity contribution in [2.45, 2.75) is 26.3 Å². The standard InChI is InChI=1S/C18H21N3O3/c1-11-6-5-7-12(8-11)13-9-14(22)15(20-10-13)16(23)21-18(2,3)17(24)19-4/h5-10,22H,1-4H3,(H,19,24)(H,21,23). The molecule has 0 atom stereocenters. The molecule has 6 nitrogen and oxygen atoms in total. The van der Waals surface area contributed by atoms with Gasteiger partial charge in [0.15, 0.2) is 5.69 Å². The molecule has 1 aromatic carbocycles. The minimum absolute atomic E-state index is 0.122. The van der Waals surface area contributed by atoms with Gasteiger partial charge in [0.1, 0.15) is 11.3 Å². The lowest BCUT2D eigenvalue weighted by atomic mass is 10.0. The van der Waals surface area contributed by atoms with Crippen LogP contribution in [0.2, 0.25) is 0 Å². The highest BCUT2D eigenvalue weighted by molar-refractivity contribution is 5.99. The molecule has 126 valence electrons. The number of amides is 2. The number of pyridine rings is 1. The van der Waals surface area contributed by atoms with Gasteiger partial charge in [0.25, 0.3) is 5.91 Å². The maximum absolute atomic E-state index is 12.3. The Morgan fingerprint density at radius 3 is 2.46 bits per heavy atom. The van der Waals surface area contributed by atoms with E-state index in [1.165, 1.54) is 19.3 Å². The number of carbonyl (C=O) groups is 2. The molecule has 2 rings (SSSR count). The van der Waals surface area contributed by atoms with Crippen LogP contribution in [0.3, 0.4) is 0 Å². The Labute approximate surface area is 140 Å². The third-order valence-electron chi connectivity index (χ3n) is 3.65. The smallest absolute Gasteiger partial charge is 0.274 e. The Balaban J connectivity index is 2.27. The molecule has 0 bridgehead atoms.